The maximum atomic E-state index is 11.8. The van der Waals surface area contributed by atoms with Gasteiger partial charge in [-0.1, -0.05) is 22.9 Å². The number of benzene rings is 1. The molecule has 0 saturated carbocycles. The van der Waals surface area contributed by atoms with E-state index in [0.717, 1.165) is 28.2 Å². The molecule has 1 aromatic carbocycles. The molecule has 1 atom stereocenters. The third kappa shape index (κ3) is 2.43. The van der Waals surface area contributed by atoms with Crippen molar-refractivity contribution in [2.75, 3.05) is 12.4 Å². The predicted molar refractivity (Wildman–Crippen MR) is 76.5 cm³/mol. The van der Waals surface area contributed by atoms with Gasteiger partial charge in [-0.05, 0) is 36.1 Å². The monoisotopic (exact) mass is 309 g/mol. The van der Waals surface area contributed by atoms with Crippen LogP contribution in [0.5, 0.6) is 0 Å². The molecule has 0 aliphatic heterocycles. The molecule has 0 radical (unpaired) electrons. The number of ether oxygens (including phenoxy) is 1. The number of alkyl halides is 1. The van der Waals surface area contributed by atoms with E-state index in [2.05, 4.69) is 33.9 Å². The Labute approximate surface area is 115 Å². The molecule has 1 N–H and O–H groups in total. The van der Waals surface area contributed by atoms with E-state index in [4.69, 9.17) is 4.74 Å². The molecule has 0 saturated heterocycles. The van der Waals surface area contributed by atoms with Crippen molar-refractivity contribution in [1.82, 2.24) is 4.98 Å². The van der Waals surface area contributed by atoms with E-state index in [1.165, 1.54) is 7.11 Å². The number of rotatable bonds is 4. The molecule has 4 heteroatoms. The van der Waals surface area contributed by atoms with E-state index in [1.54, 1.807) is 0 Å². The van der Waals surface area contributed by atoms with Crippen LogP contribution in [-0.2, 0) is 4.74 Å². The van der Waals surface area contributed by atoms with Crippen LogP contribution in [0.4, 0.5) is 0 Å². The number of aromatic nitrogens is 1. The smallest absolute Gasteiger partial charge is 0.338 e. The first-order valence-electron chi connectivity index (χ1n) is 5.92. The van der Waals surface area contributed by atoms with E-state index in [-0.39, 0.29) is 5.97 Å². The summed E-state index contributed by atoms with van der Waals surface area (Å²) in [7, 11) is 1.41. The highest BCUT2D eigenvalue weighted by atomic mass is 79.9. The predicted octanol–water partition coefficient (Wildman–Crippen LogP) is 3.84. The van der Waals surface area contributed by atoms with Gasteiger partial charge in [0.15, 0.2) is 0 Å². The Morgan fingerprint density at radius 3 is 2.94 bits per heavy atom. The number of methoxy groups -OCH3 is 1. The minimum Gasteiger partial charge on any atom is -0.465 e. The van der Waals surface area contributed by atoms with Crippen molar-refractivity contribution in [3.8, 4) is 0 Å². The van der Waals surface area contributed by atoms with Crippen molar-refractivity contribution in [2.24, 2.45) is 0 Å². The van der Waals surface area contributed by atoms with Crippen LogP contribution in [0, 0.1) is 0 Å². The van der Waals surface area contributed by atoms with Crippen LogP contribution in [0.25, 0.3) is 10.9 Å². The van der Waals surface area contributed by atoms with Crippen molar-refractivity contribution < 1.29 is 9.53 Å². The lowest BCUT2D eigenvalue weighted by Gasteiger charge is -2.12. The Kier molecular flexibility index (Phi) is 4.07. The largest absolute Gasteiger partial charge is 0.465 e. The van der Waals surface area contributed by atoms with Crippen LogP contribution in [0.2, 0.25) is 0 Å². The molecule has 1 aromatic heterocycles. The van der Waals surface area contributed by atoms with Gasteiger partial charge in [-0.15, -0.1) is 0 Å². The van der Waals surface area contributed by atoms with Crippen molar-refractivity contribution in [1.29, 1.82) is 0 Å². The fourth-order valence-electron chi connectivity index (χ4n) is 2.08. The number of nitrogens with one attached hydrogen (secondary N) is 1. The van der Waals surface area contributed by atoms with Gasteiger partial charge in [0, 0.05) is 22.4 Å². The summed E-state index contributed by atoms with van der Waals surface area (Å²) in [6.45, 7) is 2.16. The maximum Gasteiger partial charge on any atom is 0.338 e. The first-order chi connectivity index (χ1) is 8.67. The number of fused-ring (bicyclic) bond motifs is 1. The van der Waals surface area contributed by atoms with Crippen LogP contribution in [-0.4, -0.2) is 23.4 Å². The third-order valence-corrected chi connectivity index (χ3v) is 3.67. The standard InChI is InChI=1S/C14H16BrNO2/c1-9(3-5-15)10-7-12(14(17)18-2)11-4-6-16-13(11)8-10/h4,6-9,16H,3,5H2,1-2H3. The number of carbonyl (C=O) groups is 1. The molecule has 1 heterocycles. The Hall–Kier alpha value is -1.29. The highest BCUT2D eigenvalue weighted by molar-refractivity contribution is 9.09. The summed E-state index contributed by atoms with van der Waals surface area (Å²) in [5.41, 5.74) is 2.77. The Bertz CT molecular complexity index is 562. The summed E-state index contributed by atoms with van der Waals surface area (Å²) in [5, 5.41) is 1.86. The molecule has 96 valence electrons. The fraction of sp³-hybridized carbons (Fsp3) is 0.357. The summed E-state index contributed by atoms with van der Waals surface area (Å²) in [6, 6.07) is 5.95. The van der Waals surface area contributed by atoms with Gasteiger partial charge in [0.05, 0.1) is 12.7 Å². The molecule has 1 unspecified atom stereocenters. The summed E-state index contributed by atoms with van der Waals surface area (Å²) in [5.74, 6) is 0.118. The molecule has 0 amide bonds. The average molecular weight is 310 g/mol. The second kappa shape index (κ2) is 5.57. The zero-order valence-electron chi connectivity index (χ0n) is 10.5. The van der Waals surface area contributed by atoms with Crippen LogP contribution in [0.1, 0.15) is 35.2 Å². The Morgan fingerprint density at radius 2 is 2.28 bits per heavy atom. The zero-order valence-corrected chi connectivity index (χ0v) is 12.1. The van der Waals surface area contributed by atoms with Gasteiger partial charge in [0.1, 0.15) is 0 Å². The number of H-pyrrole nitrogens is 1. The number of hydrogen-bond acceptors (Lipinski definition) is 2. The summed E-state index contributed by atoms with van der Waals surface area (Å²) >= 11 is 3.45. The minimum atomic E-state index is -0.285. The molecule has 0 bridgehead atoms. The normalized spacial score (nSPS) is 12.6. The highest BCUT2D eigenvalue weighted by Crippen LogP contribution is 2.27. The minimum absolute atomic E-state index is 0.285. The average Bonchev–Trinajstić information content (AvgIpc) is 2.85. The lowest BCUT2D eigenvalue weighted by Crippen LogP contribution is -2.04. The quantitative estimate of drug-likeness (QED) is 0.688. The van der Waals surface area contributed by atoms with Crippen LogP contribution >= 0.6 is 15.9 Å². The van der Waals surface area contributed by atoms with Crippen LogP contribution < -0.4 is 0 Å². The summed E-state index contributed by atoms with van der Waals surface area (Å²) in [4.78, 5) is 15.0. The molecule has 2 rings (SSSR count). The zero-order chi connectivity index (χ0) is 13.1. The van der Waals surface area contributed by atoms with E-state index < -0.39 is 0 Å². The number of halogens is 1. The van der Waals surface area contributed by atoms with Crippen molar-refractivity contribution in [3.05, 3.63) is 35.5 Å². The van der Waals surface area contributed by atoms with Crippen LogP contribution in [0.3, 0.4) is 0 Å². The SMILES string of the molecule is COC(=O)c1cc(C(C)CCBr)cc2[nH]ccc12. The van der Waals surface area contributed by atoms with Gasteiger partial charge >= 0.3 is 5.97 Å². The highest BCUT2D eigenvalue weighted by Gasteiger charge is 2.15. The third-order valence-electron chi connectivity index (χ3n) is 3.21. The Morgan fingerprint density at radius 1 is 1.50 bits per heavy atom. The molecule has 3 nitrogen and oxygen atoms in total. The molecule has 18 heavy (non-hydrogen) atoms. The molecule has 0 aliphatic rings. The molecule has 0 aliphatic carbocycles. The Balaban J connectivity index is 2.53. The van der Waals surface area contributed by atoms with E-state index in [1.807, 2.05) is 18.3 Å². The van der Waals surface area contributed by atoms with Crippen LogP contribution in [0.15, 0.2) is 24.4 Å². The lowest BCUT2D eigenvalue weighted by atomic mass is 9.95. The second-order valence-corrected chi connectivity index (χ2v) is 5.17. The molecule has 2 aromatic rings. The maximum absolute atomic E-state index is 11.8. The van der Waals surface area contributed by atoms with E-state index in [9.17, 15) is 4.79 Å². The van der Waals surface area contributed by atoms with E-state index >= 15 is 0 Å². The van der Waals surface area contributed by atoms with Crippen molar-refractivity contribution in [2.45, 2.75) is 19.3 Å². The number of aromatic amines is 1. The van der Waals surface area contributed by atoms with Gasteiger partial charge in [0.25, 0.3) is 0 Å². The van der Waals surface area contributed by atoms with Gasteiger partial charge in [-0.25, -0.2) is 4.79 Å². The first-order valence-corrected chi connectivity index (χ1v) is 7.04. The number of esters is 1. The number of carbonyl (C=O) groups excluding carboxylic acids is 1. The van der Waals surface area contributed by atoms with E-state index in [0.29, 0.717) is 11.5 Å². The molecule has 0 fully saturated rings. The molecule has 0 spiro atoms. The summed E-state index contributed by atoms with van der Waals surface area (Å²) in [6.07, 6.45) is 2.88. The lowest BCUT2D eigenvalue weighted by molar-refractivity contribution is 0.0603. The van der Waals surface area contributed by atoms with Gasteiger partial charge in [-0.3, -0.25) is 0 Å². The second-order valence-electron chi connectivity index (χ2n) is 4.38. The van der Waals surface area contributed by atoms with Crippen molar-refractivity contribution in [3.63, 3.8) is 0 Å². The number of hydrogen-bond donors (Lipinski definition) is 1. The first kappa shape index (κ1) is 13.1. The van der Waals surface area contributed by atoms with Gasteiger partial charge in [-0.2, -0.15) is 0 Å². The molecular weight excluding hydrogens is 294 g/mol. The van der Waals surface area contributed by atoms with Gasteiger partial charge < -0.3 is 9.72 Å². The molecular formula is C14H16BrNO2. The fourth-order valence-corrected chi connectivity index (χ4v) is 2.77. The van der Waals surface area contributed by atoms with Crippen molar-refractivity contribution >= 4 is 32.8 Å². The topological polar surface area (TPSA) is 42.1 Å². The summed E-state index contributed by atoms with van der Waals surface area (Å²) < 4.78 is 4.85. The van der Waals surface area contributed by atoms with Gasteiger partial charge in [0.2, 0.25) is 0 Å².